The molecule has 1 unspecified atom stereocenters. The highest BCUT2D eigenvalue weighted by Gasteiger charge is 1.98. The van der Waals surface area contributed by atoms with E-state index in [9.17, 15) is 0 Å². The van der Waals surface area contributed by atoms with Crippen molar-refractivity contribution < 1.29 is 0 Å². The van der Waals surface area contributed by atoms with Crippen molar-refractivity contribution in [3.05, 3.63) is 0 Å². The lowest BCUT2D eigenvalue weighted by molar-refractivity contribution is 0.438. The summed E-state index contributed by atoms with van der Waals surface area (Å²) in [6.07, 6.45) is 5.38. The van der Waals surface area contributed by atoms with Gasteiger partial charge in [0.25, 0.3) is 0 Å². The second kappa shape index (κ2) is 8.49. The Labute approximate surface area is 73.4 Å². The van der Waals surface area contributed by atoms with E-state index in [1.54, 1.807) is 0 Å². The molecule has 0 rings (SSSR count). The maximum atomic E-state index is 2.58. The highest BCUT2D eigenvalue weighted by molar-refractivity contribution is 7.34. The van der Waals surface area contributed by atoms with Crippen molar-refractivity contribution in [2.45, 2.75) is 39.5 Å². The Morgan fingerprint density at radius 3 is 1.73 bits per heavy atom. The molecule has 0 aliphatic rings. The van der Waals surface area contributed by atoms with Crippen LogP contribution in [0.25, 0.3) is 0 Å². The van der Waals surface area contributed by atoms with E-state index in [1.807, 2.05) is 0 Å². The summed E-state index contributed by atoms with van der Waals surface area (Å²) in [5, 5.41) is 0. The van der Waals surface area contributed by atoms with Gasteiger partial charge in [0.15, 0.2) is 0 Å². The van der Waals surface area contributed by atoms with Crippen molar-refractivity contribution in [1.82, 2.24) is 4.67 Å². The number of unbranched alkanes of at least 4 members (excludes halogenated alkanes) is 2. The lowest BCUT2D eigenvalue weighted by atomic mass is 10.3. The molecule has 0 spiro atoms. The van der Waals surface area contributed by atoms with Crippen LogP contribution in [0, 0.1) is 0 Å². The van der Waals surface area contributed by atoms with Crippen LogP contribution < -0.4 is 0 Å². The predicted molar refractivity (Wildman–Crippen MR) is 55.6 cm³/mol. The van der Waals surface area contributed by atoms with E-state index in [0.29, 0.717) is 0 Å². The highest BCUT2D eigenvalue weighted by Crippen LogP contribution is 2.14. The first-order valence-electron chi connectivity index (χ1n) is 4.77. The average Bonchev–Trinajstić information content (AvgIpc) is 2.05. The van der Waals surface area contributed by atoms with Gasteiger partial charge in [-0.05, 0) is 19.5 Å². The maximum Gasteiger partial charge on any atom is 0.00184 e. The fraction of sp³-hybridized carbons (Fsp3) is 1.00. The number of hydrogen-bond acceptors (Lipinski definition) is 1. The summed E-state index contributed by atoms with van der Waals surface area (Å²) in [5.41, 5.74) is 0. The van der Waals surface area contributed by atoms with Crippen molar-refractivity contribution in [3.8, 4) is 0 Å². The first-order chi connectivity index (χ1) is 5.35. The normalized spacial score (nSPS) is 12.0. The lowest BCUT2D eigenvalue weighted by Gasteiger charge is -2.18. The summed E-state index contributed by atoms with van der Waals surface area (Å²) >= 11 is 0. The number of nitrogens with zero attached hydrogens (tertiary/aromatic N) is 1. The molecule has 0 N–H and O–H groups in total. The van der Waals surface area contributed by atoms with Crippen LogP contribution in [0.3, 0.4) is 0 Å². The first-order valence-corrected chi connectivity index (χ1v) is 6.22. The molecule has 0 aromatic carbocycles. The first kappa shape index (κ1) is 11.4. The van der Waals surface area contributed by atoms with Crippen LogP contribution in [-0.2, 0) is 0 Å². The van der Waals surface area contributed by atoms with Gasteiger partial charge in [0.1, 0.15) is 0 Å². The maximum absolute atomic E-state index is 2.58. The van der Waals surface area contributed by atoms with Crippen molar-refractivity contribution in [1.29, 1.82) is 0 Å². The summed E-state index contributed by atoms with van der Waals surface area (Å²) in [6.45, 7) is 9.43. The second-order valence-electron chi connectivity index (χ2n) is 2.92. The fourth-order valence-electron chi connectivity index (χ4n) is 1.03. The zero-order chi connectivity index (χ0) is 8.53. The highest BCUT2D eigenvalue weighted by atomic mass is 31.1. The van der Waals surface area contributed by atoms with Gasteiger partial charge in [0.2, 0.25) is 0 Å². The molecule has 0 amide bonds. The Hall–Kier alpha value is 0.390. The van der Waals surface area contributed by atoms with E-state index >= 15 is 0 Å². The molecule has 0 aliphatic carbocycles. The van der Waals surface area contributed by atoms with Gasteiger partial charge >= 0.3 is 0 Å². The lowest BCUT2D eigenvalue weighted by Crippen LogP contribution is -2.16. The molecule has 0 aromatic heterocycles. The second-order valence-corrected chi connectivity index (χ2v) is 4.00. The van der Waals surface area contributed by atoms with E-state index < -0.39 is 0 Å². The predicted octanol–water partition coefficient (Wildman–Crippen LogP) is 3.11. The minimum absolute atomic E-state index is 1.00. The van der Waals surface area contributed by atoms with Gasteiger partial charge in [-0.1, -0.05) is 35.4 Å². The fourth-order valence-corrected chi connectivity index (χ4v) is 1.80. The van der Waals surface area contributed by atoms with Crippen LogP contribution in [-0.4, -0.2) is 24.4 Å². The Kier molecular flexibility index (Phi) is 8.79. The molecule has 0 aliphatic heterocycles. The van der Waals surface area contributed by atoms with Gasteiger partial charge in [-0.3, -0.25) is 4.67 Å². The molecule has 0 saturated heterocycles. The van der Waals surface area contributed by atoms with Crippen LogP contribution in [0.4, 0.5) is 0 Å². The Bertz CT molecular complexity index is 68.0. The summed E-state index contributed by atoms with van der Waals surface area (Å²) in [6, 6.07) is 0. The third-order valence-corrected chi connectivity index (χ3v) is 2.96. The SMILES string of the molecule is CCCCN(CCCC)PC. The Morgan fingerprint density at radius 2 is 1.45 bits per heavy atom. The molecular formula is C9H22NP. The average molecular weight is 175 g/mol. The quantitative estimate of drug-likeness (QED) is 0.537. The van der Waals surface area contributed by atoms with Crippen molar-refractivity contribution in [2.75, 3.05) is 19.8 Å². The van der Waals surface area contributed by atoms with Crippen LogP contribution in [0.5, 0.6) is 0 Å². The van der Waals surface area contributed by atoms with Crippen molar-refractivity contribution in [3.63, 3.8) is 0 Å². The monoisotopic (exact) mass is 175 g/mol. The smallest absolute Gasteiger partial charge is 0.00184 e. The molecule has 0 saturated carbocycles. The van der Waals surface area contributed by atoms with Gasteiger partial charge in [-0.25, -0.2) is 0 Å². The molecular weight excluding hydrogens is 153 g/mol. The largest absolute Gasteiger partial charge is 0.285 e. The molecule has 0 bridgehead atoms. The third-order valence-electron chi connectivity index (χ3n) is 1.88. The molecule has 68 valence electrons. The van der Waals surface area contributed by atoms with Crippen molar-refractivity contribution in [2.24, 2.45) is 0 Å². The number of rotatable bonds is 7. The van der Waals surface area contributed by atoms with E-state index in [-0.39, 0.29) is 0 Å². The van der Waals surface area contributed by atoms with Gasteiger partial charge in [0, 0.05) is 13.1 Å². The zero-order valence-corrected chi connectivity index (χ0v) is 9.19. The minimum Gasteiger partial charge on any atom is -0.285 e. The standard InChI is InChI=1S/C9H22NP/c1-4-6-8-10(11-3)9-7-5-2/h11H,4-9H2,1-3H3. The summed E-state index contributed by atoms with van der Waals surface area (Å²) in [4.78, 5) is 0. The molecule has 2 heteroatoms. The molecule has 11 heavy (non-hydrogen) atoms. The van der Waals surface area contributed by atoms with Gasteiger partial charge < -0.3 is 0 Å². The van der Waals surface area contributed by atoms with E-state index in [1.165, 1.54) is 38.8 Å². The Morgan fingerprint density at radius 1 is 1.00 bits per heavy atom. The van der Waals surface area contributed by atoms with Crippen LogP contribution in [0.2, 0.25) is 0 Å². The van der Waals surface area contributed by atoms with Gasteiger partial charge in [-0.2, -0.15) is 0 Å². The molecule has 0 fully saturated rings. The molecule has 0 aromatic rings. The summed E-state index contributed by atoms with van der Waals surface area (Å²) < 4.78 is 2.58. The van der Waals surface area contributed by atoms with Gasteiger partial charge in [0.05, 0.1) is 0 Å². The van der Waals surface area contributed by atoms with Gasteiger partial charge in [-0.15, -0.1) is 0 Å². The third kappa shape index (κ3) is 6.77. The molecule has 1 atom stereocenters. The topological polar surface area (TPSA) is 3.24 Å². The van der Waals surface area contributed by atoms with E-state index in [0.717, 1.165) is 8.73 Å². The molecule has 0 radical (unpaired) electrons. The molecule has 0 heterocycles. The number of hydrogen-bond donors (Lipinski definition) is 0. The van der Waals surface area contributed by atoms with Crippen LogP contribution in [0.1, 0.15) is 39.5 Å². The zero-order valence-electron chi connectivity index (χ0n) is 8.19. The summed E-state index contributed by atoms with van der Waals surface area (Å²) in [7, 11) is 1.00. The van der Waals surface area contributed by atoms with E-state index in [4.69, 9.17) is 0 Å². The molecule has 1 nitrogen and oxygen atoms in total. The Balaban J connectivity index is 3.25. The van der Waals surface area contributed by atoms with Crippen LogP contribution in [0.15, 0.2) is 0 Å². The summed E-state index contributed by atoms with van der Waals surface area (Å²) in [5.74, 6) is 0. The van der Waals surface area contributed by atoms with E-state index in [2.05, 4.69) is 25.2 Å². The van der Waals surface area contributed by atoms with Crippen LogP contribution >= 0.6 is 8.73 Å². The van der Waals surface area contributed by atoms with Crippen molar-refractivity contribution >= 4 is 8.73 Å². The minimum atomic E-state index is 1.00.